The molecule has 3 heterocycles. The first-order valence-corrected chi connectivity index (χ1v) is 10.4. The molecule has 0 saturated heterocycles. The van der Waals surface area contributed by atoms with Crippen LogP contribution in [0.1, 0.15) is 33.8 Å². The smallest absolute Gasteiger partial charge is 0.254 e. The predicted molar refractivity (Wildman–Crippen MR) is 113 cm³/mol. The molecule has 1 aromatic heterocycles. The van der Waals surface area contributed by atoms with Crippen LogP contribution < -0.4 is 20.1 Å². The van der Waals surface area contributed by atoms with Gasteiger partial charge in [0.15, 0.2) is 0 Å². The predicted octanol–water partition coefficient (Wildman–Crippen LogP) is 3.55. The van der Waals surface area contributed by atoms with Gasteiger partial charge in [0.25, 0.3) is 5.91 Å². The maximum atomic E-state index is 13.9. The quantitative estimate of drug-likeness (QED) is 0.660. The number of fused-ring (bicyclic) bond motifs is 4. The van der Waals surface area contributed by atoms with Crippen molar-refractivity contribution >= 4 is 17.6 Å². The SMILES string of the molecule is O=C1CCc2c(Oc3ccc4c(c3)[C@H]3[C@@H](NC(=O)c5ccccc5F)[C@H]3O4)ccnc2N1. The van der Waals surface area contributed by atoms with E-state index in [0.29, 0.717) is 30.2 Å². The molecule has 2 aliphatic heterocycles. The highest BCUT2D eigenvalue weighted by Gasteiger charge is 2.59. The van der Waals surface area contributed by atoms with Gasteiger partial charge in [-0.2, -0.15) is 0 Å². The van der Waals surface area contributed by atoms with Crippen LogP contribution in [-0.4, -0.2) is 28.9 Å². The van der Waals surface area contributed by atoms with Crippen molar-refractivity contribution in [2.45, 2.75) is 30.9 Å². The van der Waals surface area contributed by atoms with Crippen molar-refractivity contribution in [3.8, 4) is 17.2 Å². The van der Waals surface area contributed by atoms with Crippen LogP contribution in [0.15, 0.2) is 54.7 Å². The van der Waals surface area contributed by atoms with E-state index < -0.39 is 11.7 Å². The fourth-order valence-corrected chi connectivity index (χ4v) is 4.43. The van der Waals surface area contributed by atoms with E-state index in [0.717, 1.165) is 16.9 Å². The fourth-order valence-electron chi connectivity index (χ4n) is 4.43. The minimum absolute atomic E-state index is 0.00471. The van der Waals surface area contributed by atoms with Gasteiger partial charge in [-0.1, -0.05) is 12.1 Å². The van der Waals surface area contributed by atoms with Crippen molar-refractivity contribution < 1.29 is 23.5 Å². The summed E-state index contributed by atoms with van der Waals surface area (Å²) in [6.45, 7) is 0. The van der Waals surface area contributed by atoms with Gasteiger partial charge in [-0.05, 0) is 42.8 Å². The Morgan fingerprint density at radius 1 is 1.19 bits per heavy atom. The number of aromatic nitrogens is 1. The van der Waals surface area contributed by atoms with Gasteiger partial charge in [-0.3, -0.25) is 9.59 Å². The summed E-state index contributed by atoms with van der Waals surface area (Å²) in [6, 6.07) is 13.0. The largest absolute Gasteiger partial charge is 0.487 e. The van der Waals surface area contributed by atoms with Gasteiger partial charge in [-0.25, -0.2) is 9.37 Å². The Labute approximate surface area is 182 Å². The third-order valence-electron chi connectivity index (χ3n) is 6.07. The van der Waals surface area contributed by atoms with Crippen LogP contribution in [0.25, 0.3) is 0 Å². The zero-order chi connectivity index (χ0) is 21.8. The van der Waals surface area contributed by atoms with Gasteiger partial charge in [0.05, 0.1) is 17.5 Å². The number of halogens is 1. The molecule has 3 aliphatic rings. The Morgan fingerprint density at radius 3 is 2.94 bits per heavy atom. The average molecular weight is 431 g/mol. The van der Waals surface area contributed by atoms with Crippen LogP contribution in [0.4, 0.5) is 10.2 Å². The maximum absolute atomic E-state index is 13.9. The highest BCUT2D eigenvalue weighted by molar-refractivity contribution is 5.95. The zero-order valence-electron chi connectivity index (χ0n) is 16.8. The summed E-state index contributed by atoms with van der Waals surface area (Å²) >= 11 is 0. The normalized spacial score (nSPS) is 22.0. The standard InChI is InChI=1S/C24H18FN3O4/c25-16-4-2-1-3-13(16)24(30)28-21-20-15-11-12(5-7-17(15)32-22(20)21)31-18-9-10-26-23-14(18)6-8-19(29)27-23/h1-5,7,9-11,20-22H,6,8H2,(H,28,30)(H,26,27,29)/t20-,21+,22-/m0/s1. The molecule has 2 N–H and O–H groups in total. The van der Waals surface area contributed by atoms with Crippen molar-refractivity contribution in [3.63, 3.8) is 0 Å². The molecule has 0 bridgehead atoms. The minimum Gasteiger partial charge on any atom is -0.487 e. The number of amides is 2. The van der Waals surface area contributed by atoms with Crippen molar-refractivity contribution in [2.75, 3.05) is 5.32 Å². The lowest BCUT2D eigenvalue weighted by Gasteiger charge is -2.19. The average Bonchev–Trinajstić information content (AvgIpc) is 3.30. The Kier molecular flexibility index (Phi) is 4.14. The van der Waals surface area contributed by atoms with Gasteiger partial charge >= 0.3 is 0 Å². The molecule has 2 aromatic carbocycles. The number of ether oxygens (including phenoxy) is 2. The lowest BCUT2D eigenvalue weighted by atomic mass is 10.1. The third kappa shape index (κ3) is 3.07. The fraction of sp³-hybridized carbons (Fsp3) is 0.208. The molecule has 8 heteroatoms. The van der Waals surface area contributed by atoms with Crippen LogP contribution in [0.5, 0.6) is 17.2 Å². The molecule has 160 valence electrons. The van der Waals surface area contributed by atoms with Gasteiger partial charge in [-0.15, -0.1) is 0 Å². The molecule has 1 fully saturated rings. The van der Waals surface area contributed by atoms with Gasteiger partial charge < -0.3 is 20.1 Å². The van der Waals surface area contributed by atoms with Crippen LogP contribution in [0, 0.1) is 5.82 Å². The molecule has 3 aromatic rings. The molecule has 2 amide bonds. The first-order chi connectivity index (χ1) is 15.6. The summed E-state index contributed by atoms with van der Waals surface area (Å²) in [6.07, 6.45) is 2.38. The molecule has 3 atom stereocenters. The molecular formula is C24H18FN3O4. The van der Waals surface area contributed by atoms with Crippen LogP contribution in [0.3, 0.4) is 0 Å². The van der Waals surface area contributed by atoms with Crippen molar-refractivity contribution in [1.29, 1.82) is 0 Å². The minimum atomic E-state index is -0.551. The van der Waals surface area contributed by atoms with E-state index >= 15 is 0 Å². The number of nitrogens with one attached hydrogen (secondary N) is 2. The monoisotopic (exact) mass is 431 g/mol. The second-order valence-electron chi connectivity index (χ2n) is 8.07. The van der Waals surface area contributed by atoms with Crippen LogP contribution >= 0.6 is 0 Å². The highest BCUT2D eigenvalue weighted by atomic mass is 19.1. The van der Waals surface area contributed by atoms with E-state index in [1.165, 1.54) is 12.1 Å². The van der Waals surface area contributed by atoms with Crippen molar-refractivity contribution in [3.05, 3.63) is 77.2 Å². The molecule has 1 saturated carbocycles. The topological polar surface area (TPSA) is 89.5 Å². The van der Waals surface area contributed by atoms with Crippen LogP contribution in [0.2, 0.25) is 0 Å². The van der Waals surface area contributed by atoms with E-state index in [1.807, 2.05) is 18.2 Å². The van der Waals surface area contributed by atoms with E-state index in [1.54, 1.807) is 24.4 Å². The first-order valence-electron chi connectivity index (χ1n) is 10.4. The summed E-state index contributed by atoms with van der Waals surface area (Å²) in [5.41, 5.74) is 1.83. The molecule has 0 unspecified atom stereocenters. The second-order valence-corrected chi connectivity index (χ2v) is 8.07. The summed E-state index contributed by atoms with van der Waals surface area (Å²) in [5, 5.41) is 5.64. The number of benzene rings is 2. The number of pyridine rings is 1. The second kappa shape index (κ2) is 7.05. The first kappa shape index (κ1) is 18.8. The van der Waals surface area contributed by atoms with Gasteiger partial charge in [0.2, 0.25) is 5.91 Å². The Hall–Kier alpha value is -3.94. The van der Waals surface area contributed by atoms with Crippen molar-refractivity contribution in [2.24, 2.45) is 0 Å². The number of hydrogen-bond acceptors (Lipinski definition) is 5. The molecule has 0 spiro atoms. The number of carbonyl (C=O) groups excluding carboxylic acids is 2. The lowest BCUT2D eigenvalue weighted by Crippen LogP contribution is -2.30. The number of anilines is 1. The maximum Gasteiger partial charge on any atom is 0.254 e. The molecule has 7 nitrogen and oxygen atoms in total. The molecule has 1 aliphatic carbocycles. The summed E-state index contributed by atoms with van der Waals surface area (Å²) in [4.78, 5) is 28.3. The Bertz CT molecular complexity index is 1280. The number of nitrogens with zero attached hydrogens (tertiary/aromatic N) is 1. The van der Waals surface area contributed by atoms with Crippen molar-refractivity contribution in [1.82, 2.24) is 10.3 Å². The van der Waals surface area contributed by atoms with E-state index in [-0.39, 0.29) is 29.5 Å². The summed E-state index contributed by atoms with van der Waals surface area (Å²) in [5.74, 6) is 1.49. The van der Waals surface area contributed by atoms with E-state index in [2.05, 4.69) is 15.6 Å². The molecular weight excluding hydrogens is 413 g/mol. The third-order valence-corrected chi connectivity index (χ3v) is 6.07. The van der Waals surface area contributed by atoms with E-state index in [9.17, 15) is 14.0 Å². The van der Waals surface area contributed by atoms with E-state index in [4.69, 9.17) is 9.47 Å². The number of rotatable bonds is 4. The number of carbonyl (C=O) groups is 2. The lowest BCUT2D eigenvalue weighted by molar-refractivity contribution is -0.116. The molecule has 32 heavy (non-hydrogen) atoms. The van der Waals surface area contributed by atoms with Crippen LogP contribution in [-0.2, 0) is 11.2 Å². The van der Waals surface area contributed by atoms with Gasteiger partial charge in [0, 0.05) is 23.7 Å². The molecule has 6 rings (SSSR count). The van der Waals surface area contributed by atoms with Gasteiger partial charge in [0.1, 0.15) is 35.0 Å². The highest BCUT2D eigenvalue weighted by Crippen LogP contribution is 2.54. The summed E-state index contributed by atoms with van der Waals surface area (Å²) < 4.78 is 26.0. The Balaban J connectivity index is 1.20. The zero-order valence-corrected chi connectivity index (χ0v) is 16.8. The number of hydrogen-bond donors (Lipinski definition) is 2. The molecule has 0 radical (unpaired) electrons. The Morgan fingerprint density at radius 2 is 2.06 bits per heavy atom. The summed E-state index contributed by atoms with van der Waals surface area (Å²) in [7, 11) is 0.